The second-order valence-corrected chi connectivity index (χ2v) is 6.58. The zero-order chi connectivity index (χ0) is 14.6. The first-order valence-electron chi connectivity index (χ1n) is 5.89. The van der Waals surface area contributed by atoms with Gasteiger partial charge in [-0.15, -0.1) is 0 Å². The lowest BCUT2D eigenvalue weighted by molar-refractivity contribution is -0.384. The summed E-state index contributed by atoms with van der Waals surface area (Å²) >= 11 is 0. The lowest BCUT2D eigenvalue weighted by Crippen LogP contribution is -2.17. The lowest BCUT2D eigenvalue weighted by Gasteiger charge is -2.07. The number of rotatable bonds is 7. The normalized spacial score (nSPS) is 11.5. The molecule has 1 heterocycles. The molecule has 0 fully saturated rings. The summed E-state index contributed by atoms with van der Waals surface area (Å²) in [6.45, 7) is 4.15. The van der Waals surface area contributed by atoms with Crippen LogP contribution in [0.1, 0.15) is 19.0 Å². The zero-order valence-corrected chi connectivity index (χ0v) is 12.0. The highest BCUT2D eigenvalue weighted by Crippen LogP contribution is 2.28. The summed E-state index contributed by atoms with van der Waals surface area (Å²) in [6, 6.07) is 0. The summed E-state index contributed by atoms with van der Waals surface area (Å²) in [6.07, 6.45) is 1.90. The van der Waals surface area contributed by atoms with E-state index in [0.717, 1.165) is 12.7 Å². The molecule has 0 atom stereocenters. The molecule has 0 aliphatic heterocycles. The van der Waals surface area contributed by atoms with E-state index in [9.17, 15) is 18.5 Å². The zero-order valence-electron chi connectivity index (χ0n) is 11.2. The van der Waals surface area contributed by atoms with Crippen LogP contribution in [0.5, 0.6) is 0 Å². The SMILES string of the molecule is CCCn1nc(C)c([N+](=O)[O-])c1NCCS(C)(=O)=O. The molecular formula is C10H18N4O4S. The van der Waals surface area contributed by atoms with Crippen LogP contribution in [0.2, 0.25) is 0 Å². The molecule has 19 heavy (non-hydrogen) atoms. The topological polar surface area (TPSA) is 107 Å². The Morgan fingerprint density at radius 1 is 1.47 bits per heavy atom. The van der Waals surface area contributed by atoms with Gasteiger partial charge in [0, 0.05) is 19.3 Å². The molecule has 0 aliphatic carbocycles. The molecule has 0 radical (unpaired) electrons. The van der Waals surface area contributed by atoms with Gasteiger partial charge in [-0.2, -0.15) is 5.10 Å². The average molecular weight is 290 g/mol. The molecule has 0 amide bonds. The molecule has 1 aromatic rings. The van der Waals surface area contributed by atoms with Crippen molar-refractivity contribution in [2.45, 2.75) is 26.8 Å². The third-order valence-corrected chi connectivity index (χ3v) is 3.42. The van der Waals surface area contributed by atoms with Crippen LogP contribution in [0.15, 0.2) is 0 Å². The van der Waals surface area contributed by atoms with E-state index in [1.807, 2.05) is 6.92 Å². The van der Waals surface area contributed by atoms with Crippen molar-refractivity contribution in [1.82, 2.24) is 9.78 Å². The molecule has 1 N–H and O–H groups in total. The first kappa shape index (κ1) is 15.4. The Hall–Kier alpha value is -1.64. The maximum Gasteiger partial charge on any atom is 0.333 e. The third kappa shape index (κ3) is 4.19. The van der Waals surface area contributed by atoms with Crippen molar-refractivity contribution in [3.05, 3.63) is 15.8 Å². The van der Waals surface area contributed by atoms with Crippen LogP contribution in [0, 0.1) is 17.0 Å². The maximum absolute atomic E-state index is 11.1. The number of nitrogens with one attached hydrogen (secondary N) is 1. The first-order chi connectivity index (χ1) is 8.76. The van der Waals surface area contributed by atoms with Crippen molar-refractivity contribution in [1.29, 1.82) is 0 Å². The number of sulfone groups is 1. The van der Waals surface area contributed by atoms with E-state index in [-0.39, 0.29) is 23.8 Å². The minimum absolute atomic E-state index is 0.0828. The van der Waals surface area contributed by atoms with Gasteiger partial charge in [0.1, 0.15) is 15.5 Å². The summed E-state index contributed by atoms with van der Waals surface area (Å²) in [5, 5.41) is 17.9. The van der Waals surface area contributed by atoms with E-state index in [4.69, 9.17) is 0 Å². The van der Waals surface area contributed by atoms with Gasteiger partial charge >= 0.3 is 5.69 Å². The Bertz CT molecular complexity index is 564. The minimum Gasteiger partial charge on any atom is -0.364 e. The lowest BCUT2D eigenvalue weighted by atomic mass is 10.4. The molecular weight excluding hydrogens is 272 g/mol. The van der Waals surface area contributed by atoms with Gasteiger partial charge in [-0.25, -0.2) is 13.1 Å². The van der Waals surface area contributed by atoms with Crippen molar-refractivity contribution < 1.29 is 13.3 Å². The first-order valence-corrected chi connectivity index (χ1v) is 7.95. The van der Waals surface area contributed by atoms with Gasteiger partial charge in [-0.1, -0.05) is 6.92 Å². The van der Waals surface area contributed by atoms with E-state index >= 15 is 0 Å². The van der Waals surface area contributed by atoms with E-state index in [2.05, 4.69) is 10.4 Å². The van der Waals surface area contributed by atoms with Gasteiger partial charge in [0.2, 0.25) is 5.82 Å². The number of aryl methyl sites for hydroxylation is 2. The van der Waals surface area contributed by atoms with E-state index < -0.39 is 14.8 Å². The predicted molar refractivity (Wildman–Crippen MR) is 72.1 cm³/mol. The number of aromatic nitrogens is 2. The smallest absolute Gasteiger partial charge is 0.333 e. The second-order valence-electron chi connectivity index (χ2n) is 4.32. The molecule has 0 unspecified atom stereocenters. The van der Waals surface area contributed by atoms with Gasteiger partial charge < -0.3 is 5.32 Å². The largest absolute Gasteiger partial charge is 0.364 e. The van der Waals surface area contributed by atoms with E-state index in [0.29, 0.717) is 12.2 Å². The molecule has 1 rings (SSSR count). The van der Waals surface area contributed by atoms with Crippen molar-refractivity contribution in [2.75, 3.05) is 23.9 Å². The Morgan fingerprint density at radius 3 is 2.58 bits per heavy atom. The van der Waals surface area contributed by atoms with Gasteiger partial charge in [0.05, 0.1) is 10.7 Å². The number of hydrogen-bond donors (Lipinski definition) is 1. The van der Waals surface area contributed by atoms with E-state index in [1.165, 1.54) is 4.68 Å². The highest BCUT2D eigenvalue weighted by atomic mass is 32.2. The highest BCUT2D eigenvalue weighted by molar-refractivity contribution is 7.90. The van der Waals surface area contributed by atoms with Gasteiger partial charge in [-0.05, 0) is 13.3 Å². The summed E-state index contributed by atoms with van der Waals surface area (Å²) in [5.74, 6) is 0.188. The average Bonchev–Trinajstić information content (AvgIpc) is 2.54. The Balaban J connectivity index is 2.98. The Labute approximate surface area is 111 Å². The summed E-state index contributed by atoms with van der Waals surface area (Å²) in [4.78, 5) is 10.5. The molecule has 9 heteroatoms. The van der Waals surface area contributed by atoms with Crippen molar-refractivity contribution >= 4 is 21.3 Å². The van der Waals surface area contributed by atoms with Gasteiger partial charge in [0.25, 0.3) is 0 Å². The molecule has 0 saturated heterocycles. The molecule has 108 valence electrons. The van der Waals surface area contributed by atoms with Crippen LogP contribution < -0.4 is 5.32 Å². The fourth-order valence-corrected chi connectivity index (χ4v) is 2.17. The van der Waals surface area contributed by atoms with Crippen LogP contribution in [0.25, 0.3) is 0 Å². The highest BCUT2D eigenvalue weighted by Gasteiger charge is 2.24. The number of anilines is 1. The van der Waals surface area contributed by atoms with Crippen molar-refractivity contribution in [2.24, 2.45) is 0 Å². The molecule has 1 aromatic heterocycles. The number of nitro groups is 1. The molecule has 0 saturated carbocycles. The monoisotopic (exact) mass is 290 g/mol. The van der Waals surface area contributed by atoms with Crippen molar-refractivity contribution in [3.8, 4) is 0 Å². The molecule has 0 spiro atoms. The maximum atomic E-state index is 11.1. The Morgan fingerprint density at radius 2 is 2.11 bits per heavy atom. The molecule has 0 aromatic carbocycles. The summed E-state index contributed by atoms with van der Waals surface area (Å²) in [7, 11) is -3.11. The minimum atomic E-state index is -3.11. The fraction of sp³-hybridized carbons (Fsp3) is 0.700. The van der Waals surface area contributed by atoms with Gasteiger partial charge in [-0.3, -0.25) is 10.1 Å². The predicted octanol–water partition coefficient (Wildman–Crippen LogP) is 0.966. The molecule has 0 aliphatic rings. The third-order valence-electron chi connectivity index (χ3n) is 2.48. The van der Waals surface area contributed by atoms with Crippen LogP contribution in [0.3, 0.4) is 0 Å². The standard InChI is InChI=1S/C10H18N4O4S/c1-4-6-13-10(11-5-7-19(3,17)18)9(14(15)16)8(2)12-13/h11H,4-7H2,1-3H3. The van der Waals surface area contributed by atoms with Crippen molar-refractivity contribution in [3.63, 3.8) is 0 Å². The van der Waals surface area contributed by atoms with Crippen LogP contribution >= 0.6 is 0 Å². The van der Waals surface area contributed by atoms with E-state index in [1.54, 1.807) is 6.92 Å². The quantitative estimate of drug-likeness (QED) is 0.592. The number of nitrogens with zero attached hydrogens (tertiary/aromatic N) is 3. The summed E-state index contributed by atoms with van der Waals surface area (Å²) < 4.78 is 23.6. The molecule has 0 bridgehead atoms. The second kappa shape index (κ2) is 6.00. The summed E-state index contributed by atoms with van der Waals surface area (Å²) in [5.41, 5.74) is 0.224. The van der Waals surface area contributed by atoms with Crippen LogP contribution in [-0.2, 0) is 16.4 Å². The molecule has 8 nitrogen and oxygen atoms in total. The number of hydrogen-bond acceptors (Lipinski definition) is 6. The Kier molecular flexibility index (Phi) is 4.87. The van der Waals surface area contributed by atoms with Gasteiger partial charge in [0.15, 0.2) is 0 Å². The fourth-order valence-electron chi connectivity index (χ4n) is 1.69. The van der Waals surface area contributed by atoms with Crippen LogP contribution in [-0.4, -0.2) is 41.7 Å². The van der Waals surface area contributed by atoms with Crippen LogP contribution in [0.4, 0.5) is 11.5 Å².